The lowest BCUT2D eigenvalue weighted by atomic mass is 10.1. The Labute approximate surface area is 116 Å². The van der Waals surface area contributed by atoms with Crippen LogP contribution in [0.5, 0.6) is 11.5 Å². The third-order valence-corrected chi connectivity index (χ3v) is 3.83. The largest absolute Gasteiger partial charge is 0.507 e. The zero-order chi connectivity index (χ0) is 14.2. The number of fused-ring (bicyclic) bond motifs is 1. The second kappa shape index (κ2) is 5.01. The van der Waals surface area contributed by atoms with E-state index in [9.17, 15) is 5.11 Å². The summed E-state index contributed by atoms with van der Waals surface area (Å²) < 4.78 is 11.9. The van der Waals surface area contributed by atoms with E-state index >= 15 is 0 Å². The van der Waals surface area contributed by atoms with Crippen molar-refractivity contribution in [2.45, 2.75) is 20.0 Å². The van der Waals surface area contributed by atoms with Gasteiger partial charge in [0.05, 0.1) is 24.3 Å². The second-order valence-electron chi connectivity index (χ2n) is 4.43. The Balaban J connectivity index is 2.77. The maximum Gasteiger partial charge on any atom is 0.151 e. The Bertz CT molecular complexity index is 631. The van der Waals surface area contributed by atoms with Gasteiger partial charge in [-0.1, -0.05) is 6.58 Å². The molecule has 4 nitrogen and oxygen atoms in total. The van der Waals surface area contributed by atoms with E-state index < -0.39 is 0 Å². The van der Waals surface area contributed by atoms with Crippen LogP contribution in [0.25, 0.3) is 15.8 Å². The van der Waals surface area contributed by atoms with E-state index in [4.69, 9.17) is 15.2 Å². The Morgan fingerprint density at radius 2 is 2.11 bits per heavy atom. The average molecular weight is 279 g/mol. The van der Waals surface area contributed by atoms with Crippen molar-refractivity contribution in [2.24, 2.45) is 0 Å². The van der Waals surface area contributed by atoms with Gasteiger partial charge in [0.1, 0.15) is 16.4 Å². The summed E-state index contributed by atoms with van der Waals surface area (Å²) in [6, 6.07) is 3.70. The summed E-state index contributed by atoms with van der Waals surface area (Å²) in [7, 11) is 1.57. The number of methoxy groups -OCH3 is 1. The maximum atomic E-state index is 9.70. The smallest absolute Gasteiger partial charge is 0.151 e. The minimum Gasteiger partial charge on any atom is -0.507 e. The molecule has 5 heteroatoms. The molecule has 2 rings (SSSR count). The predicted octanol–water partition coefficient (Wildman–Crippen LogP) is 3.81. The number of anilines is 1. The normalized spacial score (nSPS) is 10.9. The summed E-state index contributed by atoms with van der Waals surface area (Å²) in [4.78, 5) is 0.601. The van der Waals surface area contributed by atoms with Crippen LogP contribution in [0.2, 0.25) is 0 Å². The molecule has 0 amide bonds. The van der Waals surface area contributed by atoms with Crippen LogP contribution >= 0.6 is 11.3 Å². The molecule has 0 radical (unpaired) electrons. The van der Waals surface area contributed by atoms with Crippen LogP contribution in [-0.4, -0.2) is 18.3 Å². The van der Waals surface area contributed by atoms with E-state index in [-0.39, 0.29) is 11.9 Å². The first-order chi connectivity index (χ1) is 8.95. The van der Waals surface area contributed by atoms with Crippen LogP contribution in [-0.2, 0) is 0 Å². The highest BCUT2D eigenvalue weighted by molar-refractivity contribution is 7.20. The summed E-state index contributed by atoms with van der Waals surface area (Å²) in [6.07, 6.45) is -0.0264. The van der Waals surface area contributed by atoms with Crippen molar-refractivity contribution in [1.82, 2.24) is 0 Å². The van der Waals surface area contributed by atoms with Crippen LogP contribution in [0.3, 0.4) is 0 Å². The molecule has 1 aromatic carbocycles. The molecule has 0 aliphatic rings. The molecule has 0 aliphatic carbocycles. The van der Waals surface area contributed by atoms with Crippen LogP contribution in [0, 0.1) is 0 Å². The highest BCUT2D eigenvalue weighted by Gasteiger charge is 2.20. The van der Waals surface area contributed by atoms with Crippen molar-refractivity contribution in [3.8, 4) is 11.5 Å². The summed E-state index contributed by atoms with van der Waals surface area (Å²) in [5.74, 6) is 1.14. The van der Waals surface area contributed by atoms with Crippen LogP contribution < -0.4 is 15.2 Å². The van der Waals surface area contributed by atoms with Crippen molar-refractivity contribution in [3.05, 3.63) is 23.6 Å². The fourth-order valence-electron chi connectivity index (χ4n) is 1.89. The number of hydrogen-bond donors (Lipinski definition) is 2. The SMILES string of the molecule is C=C(O)c1sc2ccc(OC)c(N)c2c1OC(C)C. The number of thiophene rings is 1. The van der Waals surface area contributed by atoms with Gasteiger partial charge < -0.3 is 20.3 Å². The number of nitrogens with two attached hydrogens (primary N) is 1. The van der Waals surface area contributed by atoms with Gasteiger partial charge in [0, 0.05) is 4.70 Å². The van der Waals surface area contributed by atoms with Crippen LogP contribution in [0.1, 0.15) is 18.7 Å². The van der Waals surface area contributed by atoms with E-state index in [0.29, 0.717) is 22.1 Å². The minimum atomic E-state index is -0.0264. The Kier molecular flexibility index (Phi) is 3.57. The van der Waals surface area contributed by atoms with Gasteiger partial charge in [-0.2, -0.15) is 0 Å². The van der Waals surface area contributed by atoms with Gasteiger partial charge in [-0.15, -0.1) is 11.3 Å². The van der Waals surface area contributed by atoms with Crippen molar-refractivity contribution >= 4 is 32.9 Å². The van der Waals surface area contributed by atoms with Crippen molar-refractivity contribution in [3.63, 3.8) is 0 Å². The maximum absolute atomic E-state index is 9.70. The Hall–Kier alpha value is -1.88. The first kappa shape index (κ1) is 13.5. The van der Waals surface area contributed by atoms with E-state index in [0.717, 1.165) is 10.1 Å². The third-order valence-electron chi connectivity index (χ3n) is 2.65. The molecule has 0 saturated carbocycles. The average Bonchev–Trinajstić information content (AvgIpc) is 2.68. The van der Waals surface area contributed by atoms with Gasteiger partial charge in [-0.05, 0) is 26.0 Å². The number of hydrogen-bond acceptors (Lipinski definition) is 5. The molecule has 1 aromatic heterocycles. The molecule has 0 aliphatic heterocycles. The Morgan fingerprint density at radius 3 is 2.63 bits per heavy atom. The van der Waals surface area contributed by atoms with Crippen LogP contribution in [0.4, 0.5) is 5.69 Å². The molecular formula is C14H17NO3S. The minimum absolute atomic E-state index is 0.0183. The van der Waals surface area contributed by atoms with Crippen molar-refractivity contribution < 1.29 is 14.6 Å². The summed E-state index contributed by atoms with van der Waals surface area (Å²) in [5, 5.41) is 10.5. The molecule has 3 N–H and O–H groups in total. The number of ether oxygens (including phenoxy) is 2. The first-order valence-electron chi connectivity index (χ1n) is 5.89. The zero-order valence-electron chi connectivity index (χ0n) is 11.2. The molecule has 0 bridgehead atoms. The van der Waals surface area contributed by atoms with E-state index in [1.807, 2.05) is 19.9 Å². The number of aliphatic hydroxyl groups excluding tert-OH is 1. The predicted molar refractivity (Wildman–Crippen MR) is 80.2 cm³/mol. The molecule has 102 valence electrons. The molecule has 0 unspecified atom stereocenters. The number of benzene rings is 1. The number of aliphatic hydroxyl groups is 1. The summed E-state index contributed by atoms with van der Waals surface area (Å²) in [6.45, 7) is 7.42. The highest BCUT2D eigenvalue weighted by Crippen LogP contribution is 2.46. The van der Waals surface area contributed by atoms with E-state index in [1.54, 1.807) is 13.2 Å². The number of rotatable bonds is 4. The Morgan fingerprint density at radius 1 is 1.42 bits per heavy atom. The summed E-state index contributed by atoms with van der Waals surface area (Å²) >= 11 is 1.40. The topological polar surface area (TPSA) is 64.7 Å². The molecule has 0 saturated heterocycles. The van der Waals surface area contributed by atoms with Crippen LogP contribution in [0.15, 0.2) is 18.7 Å². The molecule has 1 heterocycles. The van der Waals surface area contributed by atoms with E-state index in [2.05, 4.69) is 6.58 Å². The van der Waals surface area contributed by atoms with Crippen molar-refractivity contribution in [2.75, 3.05) is 12.8 Å². The van der Waals surface area contributed by atoms with Crippen molar-refractivity contribution in [1.29, 1.82) is 0 Å². The molecule has 2 aromatic rings. The molecule has 0 spiro atoms. The lowest BCUT2D eigenvalue weighted by molar-refractivity contribution is 0.245. The lowest BCUT2D eigenvalue weighted by Crippen LogP contribution is -2.06. The monoisotopic (exact) mass is 279 g/mol. The van der Waals surface area contributed by atoms with Gasteiger partial charge in [0.15, 0.2) is 5.75 Å². The van der Waals surface area contributed by atoms with Gasteiger partial charge in [-0.3, -0.25) is 0 Å². The van der Waals surface area contributed by atoms with Gasteiger partial charge in [0.2, 0.25) is 0 Å². The fraction of sp³-hybridized carbons (Fsp3) is 0.286. The number of nitrogen functional groups attached to an aromatic ring is 1. The highest BCUT2D eigenvalue weighted by atomic mass is 32.1. The molecular weight excluding hydrogens is 262 g/mol. The third kappa shape index (κ3) is 2.33. The standard InChI is InChI=1S/C14H17NO3S/c1-7(2)18-13-11-10(19-14(13)8(3)16)6-5-9(17-4)12(11)15/h5-7,16H,3,15H2,1-2,4H3. The van der Waals surface area contributed by atoms with Gasteiger partial charge in [0.25, 0.3) is 0 Å². The second-order valence-corrected chi connectivity index (χ2v) is 5.48. The molecule has 0 atom stereocenters. The molecule has 19 heavy (non-hydrogen) atoms. The van der Waals surface area contributed by atoms with Gasteiger partial charge in [-0.25, -0.2) is 0 Å². The lowest BCUT2D eigenvalue weighted by Gasteiger charge is -2.12. The fourth-order valence-corrected chi connectivity index (χ4v) is 2.91. The quantitative estimate of drug-likeness (QED) is 0.660. The molecule has 0 fully saturated rings. The zero-order valence-corrected chi connectivity index (χ0v) is 12.0. The first-order valence-corrected chi connectivity index (χ1v) is 6.71. The van der Waals surface area contributed by atoms with Gasteiger partial charge >= 0.3 is 0 Å². The van der Waals surface area contributed by atoms with E-state index in [1.165, 1.54) is 11.3 Å². The summed E-state index contributed by atoms with van der Waals surface area (Å²) in [5.41, 5.74) is 6.62.